The van der Waals surface area contributed by atoms with Crippen molar-refractivity contribution in [3.05, 3.63) is 57.6 Å². The van der Waals surface area contributed by atoms with E-state index in [9.17, 15) is 9.59 Å². The maximum Gasteiger partial charge on any atom is 0.339 e. The van der Waals surface area contributed by atoms with Crippen LogP contribution in [-0.2, 0) is 9.47 Å². The molecule has 0 saturated carbocycles. The Morgan fingerprint density at radius 2 is 1.23 bits per heavy atom. The number of benzene rings is 1. The van der Waals surface area contributed by atoms with E-state index in [0.29, 0.717) is 11.1 Å². The van der Waals surface area contributed by atoms with Crippen LogP contribution in [0.5, 0.6) is 0 Å². The lowest BCUT2D eigenvalue weighted by Crippen LogP contribution is -2.15. The number of hydrogen-bond donors (Lipinski definition) is 0. The largest absolute Gasteiger partial charge is 0.458 e. The minimum absolute atomic E-state index is 0.0117. The lowest BCUT2D eigenvalue weighted by atomic mass is 10.1. The van der Waals surface area contributed by atoms with E-state index in [1.807, 2.05) is 0 Å². The summed E-state index contributed by atoms with van der Waals surface area (Å²) < 4.78 is 10.1. The quantitative estimate of drug-likeness (QED) is 0.565. The molecule has 1 aromatic rings. The number of ether oxygens (including phenoxy) is 2. The predicted octanol–water partition coefficient (Wildman–Crippen LogP) is 4.46. The second-order valence-electron chi connectivity index (χ2n) is 4.88. The van der Waals surface area contributed by atoms with Crippen LogP contribution in [-0.4, -0.2) is 25.2 Å². The summed E-state index contributed by atoms with van der Waals surface area (Å²) in [5, 5.41) is 0.279. The second-order valence-corrected chi connectivity index (χ2v) is 5.69. The summed E-state index contributed by atoms with van der Waals surface area (Å²) in [6.45, 7) is 10.8. The summed E-state index contributed by atoms with van der Waals surface area (Å²) in [5.74, 6) is -1.41. The molecule has 4 nitrogen and oxygen atoms in total. The average Bonchev–Trinajstić information content (AvgIpc) is 2.44. The normalized spacial score (nSPS) is 10.0. The Morgan fingerprint density at radius 3 is 1.50 bits per heavy atom. The number of halogens is 2. The van der Waals surface area contributed by atoms with Gasteiger partial charge in [-0.1, -0.05) is 36.4 Å². The molecule has 1 aromatic carbocycles. The van der Waals surface area contributed by atoms with Crippen molar-refractivity contribution in [1.29, 1.82) is 0 Å². The lowest BCUT2D eigenvalue weighted by molar-refractivity contribution is 0.0494. The highest BCUT2D eigenvalue weighted by atomic mass is 35.5. The van der Waals surface area contributed by atoms with Crippen molar-refractivity contribution >= 4 is 35.1 Å². The topological polar surface area (TPSA) is 52.6 Å². The van der Waals surface area contributed by atoms with Gasteiger partial charge in [0.1, 0.15) is 13.2 Å². The van der Waals surface area contributed by atoms with Crippen molar-refractivity contribution in [1.82, 2.24) is 0 Å². The minimum atomic E-state index is -0.705. The van der Waals surface area contributed by atoms with Gasteiger partial charge in [-0.3, -0.25) is 0 Å². The molecule has 0 saturated heterocycles. The molecular weight excluding hydrogens is 327 g/mol. The first kappa shape index (κ1) is 18.3. The molecule has 0 N–H and O–H groups in total. The number of carbonyl (C=O) groups excluding carboxylic acids is 2. The summed E-state index contributed by atoms with van der Waals surface area (Å²) in [4.78, 5) is 24.2. The SMILES string of the molecule is C=C(C)COC(=O)c1cc(Cl)c(Cl)cc1C(=O)OCC(=C)C. The Balaban J connectivity index is 3.11. The van der Waals surface area contributed by atoms with Crippen LogP contribution in [0.25, 0.3) is 0 Å². The summed E-state index contributed by atoms with van der Waals surface area (Å²) in [6.07, 6.45) is 0. The van der Waals surface area contributed by atoms with E-state index in [2.05, 4.69) is 13.2 Å². The Morgan fingerprint density at radius 1 is 0.909 bits per heavy atom. The van der Waals surface area contributed by atoms with Crippen LogP contribution in [0.3, 0.4) is 0 Å². The van der Waals surface area contributed by atoms with Crippen LogP contribution in [0.2, 0.25) is 10.0 Å². The predicted molar refractivity (Wildman–Crippen MR) is 86.7 cm³/mol. The monoisotopic (exact) mass is 342 g/mol. The molecule has 0 atom stereocenters. The zero-order valence-corrected chi connectivity index (χ0v) is 13.9. The van der Waals surface area contributed by atoms with Gasteiger partial charge in [-0.2, -0.15) is 0 Å². The van der Waals surface area contributed by atoms with Crippen molar-refractivity contribution in [2.75, 3.05) is 13.2 Å². The number of rotatable bonds is 6. The Hall–Kier alpha value is -1.78. The number of hydrogen-bond acceptors (Lipinski definition) is 4. The summed E-state index contributed by atoms with van der Waals surface area (Å²) in [7, 11) is 0. The fourth-order valence-electron chi connectivity index (χ4n) is 1.42. The van der Waals surface area contributed by atoms with Gasteiger partial charge in [0.25, 0.3) is 0 Å². The second kappa shape index (κ2) is 8.01. The van der Waals surface area contributed by atoms with E-state index in [0.717, 1.165) is 0 Å². The van der Waals surface area contributed by atoms with Crippen LogP contribution in [0, 0.1) is 0 Å². The third-order valence-electron chi connectivity index (χ3n) is 2.40. The molecule has 0 aliphatic carbocycles. The molecule has 0 unspecified atom stereocenters. The van der Waals surface area contributed by atoms with Crippen LogP contribution < -0.4 is 0 Å². The fraction of sp³-hybridized carbons (Fsp3) is 0.250. The molecule has 0 aromatic heterocycles. The Labute approximate surface area is 139 Å². The highest BCUT2D eigenvalue weighted by Gasteiger charge is 2.22. The van der Waals surface area contributed by atoms with Gasteiger partial charge in [-0.15, -0.1) is 0 Å². The molecule has 0 heterocycles. The molecule has 118 valence electrons. The maximum absolute atomic E-state index is 12.1. The van der Waals surface area contributed by atoms with E-state index in [-0.39, 0.29) is 34.4 Å². The highest BCUT2D eigenvalue weighted by molar-refractivity contribution is 6.42. The first-order valence-corrected chi connectivity index (χ1v) is 7.10. The standard InChI is InChI=1S/C16H16Cl2O4/c1-9(2)7-21-15(19)11-5-13(17)14(18)6-12(11)16(20)22-8-10(3)4/h5-6H,1,3,7-8H2,2,4H3. The third kappa shape index (κ3) is 5.20. The molecule has 22 heavy (non-hydrogen) atoms. The van der Waals surface area contributed by atoms with Crippen LogP contribution in [0.4, 0.5) is 0 Å². The van der Waals surface area contributed by atoms with Crippen molar-refractivity contribution in [3.63, 3.8) is 0 Å². The van der Waals surface area contributed by atoms with Gasteiger partial charge in [-0.05, 0) is 37.1 Å². The van der Waals surface area contributed by atoms with Gasteiger partial charge >= 0.3 is 11.9 Å². The van der Waals surface area contributed by atoms with Crippen LogP contribution in [0.1, 0.15) is 34.6 Å². The van der Waals surface area contributed by atoms with E-state index in [1.54, 1.807) is 13.8 Å². The molecule has 0 radical (unpaired) electrons. The molecule has 0 fully saturated rings. The van der Waals surface area contributed by atoms with Crippen molar-refractivity contribution in [2.45, 2.75) is 13.8 Å². The van der Waals surface area contributed by atoms with Gasteiger partial charge < -0.3 is 9.47 Å². The summed E-state index contributed by atoms with van der Waals surface area (Å²) >= 11 is 11.8. The molecule has 1 rings (SSSR count). The first-order chi connectivity index (χ1) is 10.2. The Kier molecular flexibility index (Phi) is 6.65. The fourth-order valence-corrected chi connectivity index (χ4v) is 1.74. The first-order valence-electron chi connectivity index (χ1n) is 6.34. The summed E-state index contributed by atoms with van der Waals surface area (Å²) in [5.41, 5.74) is 1.31. The molecular formula is C16H16Cl2O4. The smallest absolute Gasteiger partial charge is 0.339 e. The zero-order valence-electron chi connectivity index (χ0n) is 12.4. The molecule has 6 heteroatoms. The van der Waals surface area contributed by atoms with E-state index >= 15 is 0 Å². The van der Waals surface area contributed by atoms with Gasteiger partial charge in [0.15, 0.2) is 0 Å². The van der Waals surface area contributed by atoms with E-state index in [4.69, 9.17) is 32.7 Å². The highest BCUT2D eigenvalue weighted by Crippen LogP contribution is 2.27. The van der Waals surface area contributed by atoms with Crippen molar-refractivity contribution in [3.8, 4) is 0 Å². The summed E-state index contributed by atoms with van der Waals surface area (Å²) in [6, 6.07) is 2.56. The molecule has 0 aliphatic rings. The minimum Gasteiger partial charge on any atom is -0.458 e. The number of esters is 2. The van der Waals surface area contributed by atoms with E-state index < -0.39 is 11.9 Å². The van der Waals surface area contributed by atoms with Gasteiger partial charge in [-0.25, -0.2) is 9.59 Å². The van der Waals surface area contributed by atoms with E-state index in [1.165, 1.54) is 12.1 Å². The molecule has 0 spiro atoms. The van der Waals surface area contributed by atoms with Gasteiger partial charge in [0.2, 0.25) is 0 Å². The van der Waals surface area contributed by atoms with Crippen LogP contribution in [0.15, 0.2) is 36.4 Å². The maximum atomic E-state index is 12.1. The Bertz CT molecular complexity index is 580. The number of carbonyl (C=O) groups is 2. The van der Waals surface area contributed by atoms with Crippen LogP contribution >= 0.6 is 23.2 Å². The molecule has 0 amide bonds. The van der Waals surface area contributed by atoms with Crippen molar-refractivity contribution < 1.29 is 19.1 Å². The zero-order chi connectivity index (χ0) is 16.9. The average molecular weight is 343 g/mol. The lowest BCUT2D eigenvalue weighted by Gasteiger charge is -2.11. The molecule has 0 aliphatic heterocycles. The van der Waals surface area contributed by atoms with Crippen molar-refractivity contribution in [2.24, 2.45) is 0 Å². The van der Waals surface area contributed by atoms with Gasteiger partial charge in [0.05, 0.1) is 21.2 Å². The molecule has 0 bridgehead atoms. The third-order valence-corrected chi connectivity index (χ3v) is 3.12. The van der Waals surface area contributed by atoms with Gasteiger partial charge in [0, 0.05) is 0 Å².